The van der Waals surface area contributed by atoms with Gasteiger partial charge in [-0.3, -0.25) is 4.90 Å². The minimum absolute atomic E-state index is 0.664. The first kappa shape index (κ1) is 10.9. The Morgan fingerprint density at radius 2 is 2.21 bits per heavy atom. The van der Waals surface area contributed by atoms with E-state index in [1.54, 1.807) is 0 Å². The normalized spacial score (nSPS) is 10.6. The number of nitrogen functional groups attached to an aromatic ring is 1. The monoisotopic (exact) mass is 195 g/mol. The maximum Gasteiger partial charge on any atom is 0.144 e. The Morgan fingerprint density at radius 1 is 1.50 bits per heavy atom. The first-order valence-corrected chi connectivity index (χ1v) is 4.65. The second kappa shape index (κ2) is 4.88. The van der Waals surface area contributed by atoms with E-state index in [1.807, 2.05) is 20.0 Å². The summed E-state index contributed by atoms with van der Waals surface area (Å²) in [6.45, 7) is 5.74. The molecule has 0 saturated heterocycles. The Kier molecular flexibility index (Phi) is 3.79. The average Bonchev–Trinajstić information content (AvgIpc) is 2.16. The summed E-state index contributed by atoms with van der Waals surface area (Å²) >= 11 is 0. The molecule has 0 unspecified atom stereocenters. The average molecular weight is 195 g/mol. The van der Waals surface area contributed by atoms with Crippen LogP contribution in [0, 0.1) is 6.92 Å². The van der Waals surface area contributed by atoms with Gasteiger partial charge in [0, 0.05) is 11.8 Å². The summed E-state index contributed by atoms with van der Waals surface area (Å²) in [5.41, 5.74) is 3.45. The van der Waals surface area contributed by atoms with Crippen LogP contribution in [0.25, 0.3) is 0 Å². The predicted molar refractivity (Wildman–Crippen MR) is 56.6 cm³/mol. The minimum Gasteiger partial charge on any atom is -0.308 e. The lowest BCUT2D eigenvalue weighted by Crippen LogP contribution is -2.20. The van der Waals surface area contributed by atoms with E-state index >= 15 is 0 Å². The number of nitrogens with one attached hydrogen (secondary N) is 1. The Balaban J connectivity index is 2.81. The molecule has 5 nitrogen and oxygen atoms in total. The number of nitrogens with two attached hydrogens (primary N) is 1. The van der Waals surface area contributed by atoms with E-state index in [-0.39, 0.29) is 0 Å². The third kappa shape index (κ3) is 2.93. The van der Waals surface area contributed by atoms with Gasteiger partial charge in [-0.1, -0.05) is 6.92 Å². The van der Waals surface area contributed by atoms with E-state index < -0.39 is 0 Å². The van der Waals surface area contributed by atoms with Gasteiger partial charge >= 0.3 is 0 Å². The zero-order valence-electron chi connectivity index (χ0n) is 8.91. The van der Waals surface area contributed by atoms with Gasteiger partial charge in [0.15, 0.2) is 0 Å². The standard InChI is InChI=1S/C9H17N5/c1-4-14(3)6-9-11-7(2)5-8(12-9)13-10/h5H,4,6,10H2,1-3H3,(H,11,12,13). The lowest BCUT2D eigenvalue weighted by atomic mass is 10.4. The fraction of sp³-hybridized carbons (Fsp3) is 0.556. The lowest BCUT2D eigenvalue weighted by Gasteiger charge is -2.13. The number of anilines is 1. The molecule has 0 fully saturated rings. The Bertz CT molecular complexity index is 299. The number of hydrazine groups is 1. The molecule has 1 heterocycles. The summed E-state index contributed by atoms with van der Waals surface area (Å²) in [6.07, 6.45) is 0. The quantitative estimate of drug-likeness (QED) is 0.541. The number of hydrogen-bond donors (Lipinski definition) is 2. The van der Waals surface area contributed by atoms with Gasteiger partial charge in [-0.05, 0) is 20.5 Å². The lowest BCUT2D eigenvalue weighted by molar-refractivity contribution is 0.336. The molecule has 0 saturated carbocycles. The molecule has 0 spiro atoms. The molecule has 5 heteroatoms. The van der Waals surface area contributed by atoms with Crippen LogP contribution in [0.4, 0.5) is 5.82 Å². The van der Waals surface area contributed by atoms with Crippen molar-refractivity contribution in [2.24, 2.45) is 5.84 Å². The van der Waals surface area contributed by atoms with Gasteiger partial charge in [0.05, 0.1) is 6.54 Å². The molecule has 3 N–H and O–H groups in total. The van der Waals surface area contributed by atoms with E-state index in [9.17, 15) is 0 Å². The summed E-state index contributed by atoms with van der Waals surface area (Å²) < 4.78 is 0. The molecule has 0 aliphatic carbocycles. The fourth-order valence-corrected chi connectivity index (χ4v) is 1.13. The Morgan fingerprint density at radius 3 is 2.79 bits per heavy atom. The molecule has 1 rings (SSSR count). The van der Waals surface area contributed by atoms with E-state index in [0.717, 1.165) is 24.6 Å². The third-order valence-corrected chi connectivity index (χ3v) is 2.00. The highest BCUT2D eigenvalue weighted by atomic mass is 15.3. The molecule has 14 heavy (non-hydrogen) atoms. The second-order valence-corrected chi connectivity index (χ2v) is 3.29. The van der Waals surface area contributed by atoms with Gasteiger partial charge in [0.2, 0.25) is 0 Å². The van der Waals surface area contributed by atoms with E-state index in [4.69, 9.17) is 5.84 Å². The van der Waals surface area contributed by atoms with Crippen LogP contribution in [0.15, 0.2) is 6.07 Å². The summed E-state index contributed by atoms with van der Waals surface area (Å²) in [6, 6.07) is 1.81. The van der Waals surface area contributed by atoms with Gasteiger partial charge in [-0.25, -0.2) is 15.8 Å². The maximum absolute atomic E-state index is 5.30. The van der Waals surface area contributed by atoms with Gasteiger partial charge in [-0.2, -0.15) is 0 Å². The first-order chi connectivity index (χ1) is 6.65. The van der Waals surface area contributed by atoms with Crippen LogP contribution >= 0.6 is 0 Å². The zero-order valence-corrected chi connectivity index (χ0v) is 8.91. The van der Waals surface area contributed by atoms with Gasteiger partial charge in [-0.15, -0.1) is 0 Å². The summed E-state index contributed by atoms with van der Waals surface area (Å²) in [5.74, 6) is 6.75. The largest absolute Gasteiger partial charge is 0.308 e. The highest BCUT2D eigenvalue weighted by Crippen LogP contribution is 2.05. The zero-order chi connectivity index (χ0) is 10.6. The number of rotatable bonds is 4. The highest BCUT2D eigenvalue weighted by molar-refractivity contribution is 5.33. The molecule has 0 bridgehead atoms. The van der Waals surface area contributed by atoms with Gasteiger partial charge in [0.1, 0.15) is 11.6 Å². The molecule has 0 aliphatic rings. The highest BCUT2D eigenvalue weighted by Gasteiger charge is 2.03. The summed E-state index contributed by atoms with van der Waals surface area (Å²) in [4.78, 5) is 10.7. The third-order valence-electron chi connectivity index (χ3n) is 2.00. The summed E-state index contributed by atoms with van der Waals surface area (Å²) in [7, 11) is 2.03. The van der Waals surface area contributed by atoms with Crippen LogP contribution in [0.5, 0.6) is 0 Å². The van der Waals surface area contributed by atoms with Crippen LogP contribution in [0.1, 0.15) is 18.4 Å². The number of aromatic nitrogens is 2. The van der Waals surface area contributed by atoms with E-state index in [0.29, 0.717) is 5.82 Å². The maximum atomic E-state index is 5.30. The number of hydrogen-bond acceptors (Lipinski definition) is 5. The minimum atomic E-state index is 0.664. The van der Waals surface area contributed by atoms with E-state index in [2.05, 4.69) is 27.2 Å². The van der Waals surface area contributed by atoms with Crippen molar-refractivity contribution in [2.45, 2.75) is 20.4 Å². The van der Waals surface area contributed by atoms with Gasteiger partial charge < -0.3 is 5.43 Å². The molecule has 78 valence electrons. The van der Waals surface area contributed by atoms with Gasteiger partial charge in [0.25, 0.3) is 0 Å². The first-order valence-electron chi connectivity index (χ1n) is 4.65. The number of nitrogens with zero attached hydrogens (tertiary/aromatic N) is 3. The second-order valence-electron chi connectivity index (χ2n) is 3.29. The molecular formula is C9H17N5. The molecule has 0 aromatic carbocycles. The SMILES string of the molecule is CCN(C)Cc1nc(C)cc(NN)n1. The molecular weight excluding hydrogens is 178 g/mol. The van der Waals surface area contributed by atoms with Crippen molar-refractivity contribution < 1.29 is 0 Å². The smallest absolute Gasteiger partial charge is 0.144 e. The van der Waals surface area contributed by atoms with Crippen LogP contribution in [0.3, 0.4) is 0 Å². The molecule has 1 aromatic rings. The summed E-state index contributed by atoms with van der Waals surface area (Å²) in [5, 5.41) is 0. The molecule has 0 amide bonds. The van der Waals surface area contributed by atoms with Crippen molar-refractivity contribution in [2.75, 3.05) is 19.0 Å². The van der Waals surface area contributed by atoms with Crippen molar-refractivity contribution >= 4 is 5.82 Å². The van der Waals surface area contributed by atoms with Crippen molar-refractivity contribution in [3.8, 4) is 0 Å². The predicted octanol–water partition coefficient (Wildman–Crippen LogP) is 0.522. The van der Waals surface area contributed by atoms with Crippen LogP contribution in [-0.2, 0) is 6.54 Å². The molecule has 0 radical (unpaired) electrons. The van der Waals surface area contributed by atoms with Crippen molar-refractivity contribution in [1.29, 1.82) is 0 Å². The molecule has 0 atom stereocenters. The topological polar surface area (TPSA) is 67.1 Å². The van der Waals surface area contributed by atoms with Crippen LogP contribution < -0.4 is 11.3 Å². The van der Waals surface area contributed by atoms with Crippen LogP contribution in [-0.4, -0.2) is 28.5 Å². The fourth-order valence-electron chi connectivity index (χ4n) is 1.13. The van der Waals surface area contributed by atoms with Crippen LogP contribution in [0.2, 0.25) is 0 Å². The van der Waals surface area contributed by atoms with E-state index in [1.165, 1.54) is 0 Å². The van der Waals surface area contributed by atoms with Crippen molar-refractivity contribution in [3.05, 3.63) is 17.6 Å². The Hall–Kier alpha value is -1.20. The molecule has 0 aliphatic heterocycles. The number of aryl methyl sites for hydroxylation is 1. The molecule has 1 aromatic heterocycles. The van der Waals surface area contributed by atoms with Crippen molar-refractivity contribution in [3.63, 3.8) is 0 Å². The van der Waals surface area contributed by atoms with Crippen molar-refractivity contribution in [1.82, 2.24) is 14.9 Å². The Labute approximate surface area is 84.3 Å².